The van der Waals surface area contributed by atoms with Crippen LogP contribution >= 0.6 is 0 Å². The minimum absolute atomic E-state index is 0.202. The lowest BCUT2D eigenvalue weighted by atomic mass is 9.98. The molecule has 1 saturated carbocycles. The number of imidazole rings is 1. The highest BCUT2D eigenvalue weighted by molar-refractivity contribution is 5.88. The van der Waals surface area contributed by atoms with Crippen LogP contribution in [0.5, 0.6) is 0 Å². The van der Waals surface area contributed by atoms with Crippen LogP contribution in [0.25, 0.3) is 0 Å². The summed E-state index contributed by atoms with van der Waals surface area (Å²) < 4.78 is 1.88. The van der Waals surface area contributed by atoms with Gasteiger partial charge in [-0.15, -0.1) is 0 Å². The molecular formula is C10H15N3O. The van der Waals surface area contributed by atoms with E-state index in [-0.39, 0.29) is 11.2 Å². The molecule has 0 bridgehead atoms. The zero-order valence-corrected chi connectivity index (χ0v) is 8.36. The molecule has 4 heteroatoms. The van der Waals surface area contributed by atoms with Crippen molar-refractivity contribution < 1.29 is 4.79 Å². The normalized spacial score (nSPS) is 18.1. The van der Waals surface area contributed by atoms with Crippen LogP contribution in [0.3, 0.4) is 0 Å². The molecular weight excluding hydrogens is 178 g/mol. The Morgan fingerprint density at radius 2 is 2.43 bits per heavy atom. The summed E-state index contributed by atoms with van der Waals surface area (Å²) in [5.41, 5.74) is 5.39. The molecule has 76 valence electrons. The van der Waals surface area contributed by atoms with E-state index < -0.39 is 0 Å². The summed E-state index contributed by atoms with van der Waals surface area (Å²) >= 11 is 0. The molecule has 1 heterocycles. The van der Waals surface area contributed by atoms with E-state index in [1.165, 1.54) is 0 Å². The van der Waals surface area contributed by atoms with E-state index in [1.54, 1.807) is 6.20 Å². The van der Waals surface area contributed by atoms with E-state index in [4.69, 9.17) is 5.73 Å². The molecule has 0 saturated heterocycles. The van der Waals surface area contributed by atoms with Crippen molar-refractivity contribution >= 4 is 5.78 Å². The van der Waals surface area contributed by atoms with E-state index in [2.05, 4.69) is 4.98 Å². The van der Waals surface area contributed by atoms with Crippen molar-refractivity contribution in [2.24, 2.45) is 18.2 Å². The van der Waals surface area contributed by atoms with Crippen molar-refractivity contribution in [3.8, 4) is 0 Å². The Morgan fingerprint density at radius 1 is 1.71 bits per heavy atom. The zero-order chi connectivity index (χ0) is 10.2. The van der Waals surface area contributed by atoms with Crippen molar-refractivity contribution in [2.75, 3.05) is 6.54 Å². The third-order valence-electron chi connectivity index (χ3n) is 3.08. The predicted molar refractivity (Wildman–Crippen MR) is 52.6 cm³/mol. The summed E-state index contributed by atoms with van der Waals surface area (Å²) in [7, 11) is 1.90. The van der Waals surface area contributed by atoms with Crippen LogP contribution in [0.4, 0.5) is 0 Å². The van der Waals surface area contributed by atoms with Crippen molar-refractivity contribution in [1.82, 2.24) is 9.55 Å². The predicted octanol–water partition coefficient (Wildman–Crippen LogP) is 0.271. The zero-order valence-electron chi connectivity index (χ0n) is 8.36. The highest BCUT2D eigenvalue weighted by Crippen LogP contribution is 2.45. The summed E-state index contributed by atoms with van der Waals surface area (Å²) in [5.74, 6) is 1.07. The van der Waals surface area contributed by atoms with Gasteiger partial charge in [0.2, 0.25) is 0 Å². The molecule has 0 amide bonds. The maximum atomic E-state index is 11.8. The maximum absolute atomic E-state index is 11.8. The topological polar surface area (TPSA) is 60.9 Å². The Labute approximate surface area is 83.1 Å². The first-order valence-corrected chi connectivity index (χ1v) is 4.87. The molecule has 1 aromatic heterocycles. The van der Waals surface area contributed by atoms with Gasteiger partial charge in [0.15, 0.2) is 0 Å². The average Bonchev–Trinajstić information content (AvgIpc) is 2.89. The smallest absolute Gasteiger partial charge is 0.147 e. The van der Waals surface area contributed by atoms with Gasteiger partial charge in [-0.25, -0.2) is 4.98 Å². The Balaban J connectivity index is 2.05. The van der Waals surface area contributed by atoms with E-state index in [9.17, 15) is 4.79 Å². The van der Waals surface area contributed by atoms with Crippen LogP contribution in [0.15, 0.2) is 12.4 Å². The second-order valence-electron chi connectivity index (χ2n) is 4.04. The fraction of sp³-hybridized carbons (Fsp3) is 0.600. The molecule has 1 aliphatic carbocycles. The van der Waals surface area contributed by atoms with Crippen molar-refractivity contribution in [3.63, 3.8) is 0 Å². The number of hydrogen-bond donors (Lipinski definition) is 1. The van der Waals surface area contributed by atoms with Gasteiger partial charge in [-0.2, -0.15) is 0 Å². The van der Waals surface area contributed by atoms with Crippen LogP contribution in [-0.4, -0.2) is 21.9 Å². The molecule has 0 aliphatic heterocycles. The van der Waals surface area contributed by atoms with E-state index in [1.807, 2.05) is 17.8 Å². The highest BCUT2D eigenvalue weighted by Gasteiger charge is 2.47. The summed E-state index contributed by atoms with van der Waals surface area (Å²) in [4.78, 5) is 16.0. The quantitative estimate of drug-likeness (QED) is 0.746. The van der Waals surface area contributed by atoms with Crippen molar-refractivity contribution in [2.45, 2.75) is 19.3 Å². The molecule has 1 fully saturated rings. The highest BCUT2D eigenvalue weighted by atomic mass is 16.1. The molecule has 0 spiro atoms. The molecule has 1 aliphatic rings. The summed E-state index contributed by atoms with van der Waals surface area (Å²) in [6, 6.07) is 0. The number of hydrogen-bond acceptors (Lipinski definition) is 3. The van der Waals surface area contributed by atoms with E-state index >= 15 is 0 Å². The molecule has 4 nitrogen and oxygen atoms in total. The minimum Gasteiger partial charge on any atom is -0.338 e. The first-order chi connectivity index (χ1) is 6.68. The number of carbonyl (C=O) groups excluding carboxylic acids is 1. The van der Waals surface area contributed by atoms with Gasteiger partial charge in [-0.05, 0) is 12.8 Å². The number of aryl methyl sites for hydroxylation is 1. The van der Waals surface area contributed by atoms with Crippen molar-refractivity contribution in [3.05, 3.63) is 18.2 Å². The lowest BCUT2D eigenvalue weighted by Gasteiger charge is -2.10. The van der Waals surface area contributed by atoms with Crippen LogP contribution < -0.4 is 5.73 Å². The fourth-order valence-corrected chi connectivity index (χ4v) is 1.65. The summed E-state index contributed by atoms with van der Waals surface area (Å²) in [6.45, 7) is 0.482. The van der Waals surface area contributed by atoms with E-state index in [0.29, 0.717) is 13.0 Å². The second-order valence-corrected chi connectivity index (χ2v) is 4.04. The summed E-state index contributed by atoms with van der Waals surface area (Å²) in [5, 5.41) is 0. The molecule has 14 heavy (non-hydrogen) atoms. The second kappa shape index (κ2) is 3.20. The molecule has 0 unspecified atom stereocenters. The number of nitrogens with zero attached hydrogens (tertiary/aromatic N) is 2. The van der Waals surface area contributed by atoms with Gasteiger partial charge in [-0.1, -0.05) is 0 Å². The van der Waals surface area contributed by atoms with Gasteiger partial charge in [0.25, 0.3) is 0 Å². The molecule has 2 N–H and O–H groups in total. The van der Waals surface area contributed by atoms with Gasteiger partial charge >= 0.3 is 0 Å². The van der Waals surface area contributed by atoms with Gasteiger partial charge < -0.3 is 10.3 Å². The number of Topliss-reactive ketones (excluding diaryl/α,β-unsaturated/α-hetero) is 1. The third kappa shape index (κ3) is 1.46. The molecule has 2 rings (SSSR count). The Hall–Kier alpha value is -1.16. The van der Waals surface area contributed by atoms with Crippen LogP contribution in [0.2, 0.25) is 0 Å². The molecule has 0 atom stereocenters. The van der Waals surface area contributed by atoms with Crippen LogP contribution in [0, 0.1) is 5.41 Å². The van der Waals surface area contributed by atoms with E-state index in [0.717, 1.165) is 18.7 Å². The van der Waals surface area contributed by atoms with Gasteiger partial charge in [0.05, 0.1) is 6.42 Å². The Bertz CT molecular complexity index is 352. The van der Waals surface area contributed by atoms with Crippen LogP contribution in [-0.2, 0) is 18.3 Å². The maximum Gasteiger partial charge on any atom is 0.147 e. The fourth-order valence-electron chi connectivity index (χ4n) is 1.65. The lowest BCUT2D eigenvalue weighted by molar-refractivity contribution is -0.123. The molecule has 1 aromatic rings. The third-order valence-corrected chi connectivity index (χ3v) is 3.08. The van der Waals surface area contributed by atoms with Gasteiger partial charge in [0.1, 0.15) is 11.6 Å². The minimum atomic E-state index is -0.202. The number of rotatable bonds is 4. The number of aromatic nitrogens is 2. The monoisotopic (exact) mass is 193 g/mol. The first kappa shape index (κ1) is 9.40. The SMILES string of the molecule is Cn1ccnc1CC(=O)C1(CN)CC1. The molecule has 0 radical (unpaired) electrons. The Kier molecular flexibility index (Phi) is 2.15. The standard InChI is InChI=1S/C10H15N3O/c1-13-5-4-12-9(13)6-8(14)10(7-11)2-3-10/h4-5H,2-3,6-7,11H2,1H3. The van der Waals surface area contributed by atoms with Crippen LogP contribution in [0.1, 0.15) is 18.7 Å². The Morgan fingerprint density at radius 3 is 2.86 bits per heavy atom. The van der Waals surface area contributed by atoms with Gasteiger partial charge in [0, 0.05) is 31.4 Å². The van der Waals surface area contributed by atoms with Gasteiger partial charge in [-0.3, -0.25) is 4.79 Å². The number of ketones is 1. The lowest BCUT2D eigenvalue weighted by Crippen LogP contribution is -2.27. The van der Waals surface area contributed by atoms with Crippen molar-refractivity contribution in [1.29, 1.82) is 0 Å². The largest absolute Gasteiger partial charge is 0.338 e. The number of nitrogens with two attached hydrogens (primary N) is 1. The number of carbonyl (C=O) groups is 1. The first-order valence-electron chi connectivity index (χ1n) is 4.87. The molecule has 0 aromatic carbocycles. The summed E-state index contributed by atoms with van der Waals surface area (Å²) in [6.07, 6.45) is 5.88. The average molecular weight is 193 g/mol.